The molecule has 0 bridgehead atoms. The standard InChI is InChI=1S/C24H23F2N3O5.2Na/c1-14-6-3-4-9-17(14)24(25,26)16-8-5-7-15(12-16)18(13-20(31)32)27-23(34)28-21-19(30)10-11-29(2)22(21)33;;/h3-12,18,30H,13H2,1-2H3,(H,31,32)(H2,27,28,34);;/q;2*+1/p-2/t18-;;/m1../s1. The van der Waals surface area contributed by atoms with E-state index in [1.807, 2.05) is 0 Å². The Morgan fingerprint density at radius 3 is 2.39 bits per heavy atom. The van der Waals surface area contributed by atoms with Crippen LogP contribution in [0.1, 0.15) is 34.7 Å². The molecule has 1 aromatic heterocycles. The van der Waals surface area contributed by atoms with Crippen molar-refractivity contribution in [2.75, 3.05) is 5.32 Å². The third kappa shape index (κ3) is 7.41. The zero-order chi connectivity index (χ0) is 25.0. The first-order valence-electron chi connectivity index (χ1n) is 10.2. The Morgan fingerprint density at radius 2 is 1.75 bits per heavy atom. The van der Waals surface area contributed by atoms with Gasteiger partial charge in [-0.2, -0.15) is 8.78 Å². The van der Waals surface area contributed by atoms with Crippen LogP contribution in [0.25, 0.3) is 0 Å². The van der Waals surface area contributed by atoms with Gasteiger partial charge in [-0.1, -0.05) is 54.3 Å². The summed E-state index contributed by atoms with van der Waals surface area (Å²) in [6, 6.07) is 9.72. The molecule has 1 atom stereocenters. The van der Waals surface area contributed by atoms with E-state index in [4.69, 9.17) is 0 Å². The number of nitrogens with one attached hydrogen (secondary N) is 2. The molecule has 0 aliphatic carbocycles. The summed E-state index contributed by atoms with van der Waals surface area (Å²) in [6.45, 7) is 1.55. The zero-order valence-corrected chi connectivity index (χ0v) is 24.3. The van der Waals surface area contributed by atoms with Gasteiger partial charge in [0.15, 0.2) is 0 Å². The first kappa shape index (κ1) is 31.8. The van der Waals surface area contributed by atoms with Crippen LogP contribution in [0.3, 0.4) is 0 Å². The number of halogens is 2. The van der Waals surface area contributed by atoms with Crippen LogP contribution < -0.4 is 85.5 Å². The van der Waals surface area contributed by atoms with Gasteiger partial charge in [-0.15, -0.1) is 0 Å². The molecule has 2 aromatic carbocycles. The van der Waals surface area contributed by atoms with Gasteiger partial charge in [0.2, 0.25) is 0 Å². The van der Waals surface area contributed by atoms with Gasteiger partial charge in [-0.05, 0) is 24.1 Å². The molecule has 0 spiro atoms. The third-order valence-electron chi connectivity index (χ3n) is 5.28. The molecule has 178 valence electrons. The second kappa shape index (κ2) is 13.4. The molecule has 36 heavy (non-hydrogen) atoms. The number of benzene rings is 2. The number of anilines is 1. The third-order valence-corrected chi connectivity index (χ3v) is 5.28. The maximum Gasteiger partial charge on any atom is 1.00 e. The number of carbonyl (C=O) groups excluding carboxylic acids is 2. The number of urea groups is 1. The van der Waals surface area contributed by atoms with Crippen molar-refractivity contribution in [2.45, 2.75) is 25.3 Å². The summed E-state index contributed by atoms with van der Waals surface area (Å²) in [4.78, 5) is 35.9. The predicted octanol–water partition coefficient (Wildman–Crippen LogP) is -4.08. The topological polar surface area (TPSA) is 126 Å². The number of alkyl halides is 2. The van der Waals surface area contributed by atoms with Crippen molar-refractivity contribution in [1.82, 2.24) is 9.88 Å². The van der Waals surface area contributed by atoms with Gasteiger partial charge in [0, 0.05) is 36.8 Å². The normalized spacial score (nSPS) is 11.4. The molecular weight excluding hydrogens is 494 g/mol. The monoisotopic (exact) mass is 515 g/mol. The molecule has 0 fully saturated rings. The number of rotatable bonds is 7. The van der Waals surface area contributed by atoms with Crippen LogP contribution in [0.2, 0.25) is 0 Å². The van der Waals surface area contributed by atoms with Crippen molar-refractivity contribution < 1.29 is 87.7 Å². The molecular formula is C24H21F2N3Na2O5. The van der Waals surface area contributed by atoms with Crippen LogP contribution >= 0.6 is 0 Å². The Balaban J connectivity index is 0.00000324. The molecule has 1 heterocycles. The molecule has 8 nitrogen and oxygen atoms in total. The van der Waals surface area contributed by atoms with Crippen molar-refractivity contribution in [1.29, 1.82) is 0 Å². The second-order valence-electron chi connectivity index (χ2n) is 7.71. The number of hydrogen-bond acceptors (Lipinski definition) is 5. The predicted molar refractivity (Wildman–Crippen MR) is 116 cm³/mol. The number of amides is 2. The second-order valence-corrected chi connectivity index (χ2v) is 7.71. The molecule has 0 saturated carbocycles. The number of nitrogens with zero attached hydrogens (tertiary/aromatic N) is 1. The van der Waals surface area contributed by atoms with Crippen LogP contribution in [0.4, 0.5) is 19.3 Å². The summed E-state index contributed by atoms with van der Waals surface area (Å²) in [5.74, 6) is -5.67. The molecule has 0 radical (unpaired) electrons. The van der Waals surface area contributed by atoms with Crippen molar-refractivity contribution in [2.24, 2.45) is 7.05 Å². The largest absolute Gasteiger partial charge is 1.00 e. The van der Waals surface area contributed by atoms with Gasteiger partial charge in [0.25, 0.3) is 11.5 Å². The first-order valence-corrected chi connectivity index (χ1v) is 10.2. The number of aryl methyl sites for hydroxylation is 2. The summed E-state index contributed by atoms with van der Waals surface area (Å²) >= 11 is 0. The first-order chi connectivity index (χ1) is 16.0. The minimum Gasteiger partial charge on any atom is -0.871 e. The summed E-state index contributed by atoms with van der Waals surface area (Å²) in [5, 5.41) is 27.7. The number of aliphatic carboxylic acids is 1. The Hall–Kier alpha value is -2.21. The Morgan fingerprint density at radius 1 is 1.08 bits per heavy atom. The van der Waals surface area contributed by atoms with E-state index in [1.165, 1.54) is 43.6 Å². The number of carbonyl (C=O) groups is 2. The van der Waals surface area contributed by atoms with E-state index in [0.717, 1.165) is 16.7 Å². The van der Waals surface area contributed by atoms with Crippen molar-refractivity contribution in [3.8, 4) is 5.75 Å². The van der Waals surface area contributed by atoms with Gasteiger partial charge in [0.05, 0.1) is 6.04 Å². The number of pyridine rings is 1. The Labute approximate surface area is 250 Å². The quantitative estimate of drug-likeness (QED) is 0.310. The van der Waals surface area contributed by atoms with E-state index in [-0.39, 0.29) is 70.2 Å². The SMILES string of the molecule is Cc1ccccc1C(F)(F)c1cccc([C@@H](CC(=O)[O-])NC(=O)Nc2c([O-])ccn(C)c2=O)c1.[Na+].[Na+]. The fourth-order valence-electron chi connectivity index (χ4n) is 3.49. The molecule has 3 rings (SSSR count). The van der Waals surface area contributed by atoms with E-state index in [9.17, 15) is 24.6 Å². The summed E-state index contributed by atoms with van der Waals surface area (Å²) in [7, 11) is 1.38. The van der Waals surface area contributed by atoms with E-state index in [2.05, 4.69) is 10.6 Å². The van der Waals surface area contributed by atoms with E-state index >= 15 is 8.78 Å². The maximum absolute atomic E-state index is 15.2. The molecule has 12 heteroatoms. The Kier molecular flexibility index (Phi) is 11.8. The fourth-order valence-corrected chi connectivity index (χ4v) is 3.49. The Bertz CT molecular complexity index is 1300. The minimum absolute atomic E-state index is 0. The average Bonchev–Trinajstić information content (AvgIpc) is 2.79. The van der Waals surface area contributed by atoms with Gasteiger partial charge in [0.1, 0.15) is 5.69 Å². The van der Waals surface area contributed by atoms with Gasteiger partial charge < -0.3 is 30.2 Å². The minimum atomic E-state index is -3.39. The van der Waals surface area contributed by atoms with Gasteiger partial charge >= 0.3 is 65.1 Å². The number of carboxylic acids is 1. The molecule has 0 unspecified atom stereocenters. The maximum atomic E-state index is 15.2. The van der Waals surface area contributed by atoms with Gasteiger partial charge in [-0.25, -0.2) is 4.79 Å². The fraction of sp³-hybridized carbons (Fsp3) is 0.208. The molecule has 0 aliphatic heterocycles. The van der Waals surface area contributed by atoms with Crippen molar-refractivity contribution in [3.05, 3.63) is 93.4 Å². The molecule has 3 aromatic rings. The molecule has 0 aliphatic rings. The molecule has 2 amide bonds. The number of aromatic nitrogens is 1. The number of carboxylic acid groups (broad SMARTS) is 1. The van der Waals surface area contributed by atoms with Gasteiger partial charge in [-0.3, -0.25) is 4.79 Å². The van der Waals surface area contributed by atoms with Crippen LogP contribution in [0, 0.1) is 6.92 Å². The molecule has 2 N–H and O–H groups in total. The van der Waals surface area contributed by atoms with E-state index in [0.29, 0.717) is 5.56 Å². The van der Waals surface area contributed by atoms with Crippen molar-refractivity contribution >= 4 is 17.7 Å². The zero-order valence-electron chi connectivity index (χ0n) is 20.3. The average molecular weight is 515 g/mol. The van der Waals surface area contributed by atoms with E-state index in [1.54, 1.807) is 19.1 Å². The van der Waals surface area contributed by atoms with Crippen LogP contribution in [-0.2, 0) is 17.8 Å². The number of hydrogen-bond donors (Lipinski definition) is 2. The molecule has 0 saturated heterocycles. The smallest absolute Gasteiger partial charge is 0.871 e. The van der Waals surface area contributed by atoms with Crippen molar-refractivity contribution in [3.63, 3.8) is 0 Å². The summed E-state index contributed by atoms with van der Waals surface area (Å²) < 4.78 is 31.5. The van der Waals surface area contributed by atoms with Crippen LogP contribution in [0.5, 0.6) is 5.75 Å². The van der Waals surface area contributed by atoms with Crippen LogP contribution in [-0.4, -0.2) is 16.6 Å². The summed E-state index contributed by atoms with van der Waals surface area (Å²) in [5.41, 5.74) is -1.46. The van der Waals surface area contributed by atoms with E-state index < -0.39 is 52.9 Å². The van der Waals surface area contributed by atoms with Crippen LogP contribution in [0.15, 0.2) is 65.6 Å². The summed E-state index contributed by atoms with van der Waals surface area (Å²) in [6.07, 6.45) is 0.497.